The van der Waals surface area contributed by atoms with Crippen molar-refractivity contribution in [3.63, 3.8) is 0 Å². The minimum atomic E-state index is -0.199. The smallest absolute Gasteiger partial charge is 0.271 e. The molecule has 7 nitrogen and oxygen atoms in total. The number of hydrogen-bond acceptors (Lipinski definition) is 5. The molecule has 0 amide bonds. The van der Waals surface area contributed by atoms with E-state index in [2.05, 4.69) is 20.6 Å². The molecule has 0 radical (unpaired) electrons. The van der Waals surface area contributed by atoms with Crippen LogP contribution in [0.3, 0.4) is 0 Å². The van der Waals surface area contributed by atoms with Crippen molar-refractivity contribution >= 4 is 0 Å². The van der Waals surface area contributed by atoms with Crippen LogP contribution in [0.4, 0.5) is 0 Å². The molecule has 22 heavy (non-hydrogen) atoms. The Morgan fingerprint density at radius 2 is 1.82 bits per heavy atom. The average molecular weight is 296 g/mol. The Morgan fingerprint density at radius 3 is 2.55 bits per heavy atom. The van der Waals surface area contributed by atoms with Gasteiger partial charge in [0.15, 0.2) is 0 Å². The SMILES string of the molecule is CC(C)Nn1cnc(-c2ccc(=O)n(-c3ccccc3)n2)n1. The van der Waals surface area contributed by atoms with E-state index in [1.807, 2.05) is 44.2 Å². The fourth-order valence-corrected chi connectivity index (χ4v) is 1.99. The first-order valence-corrected chi connectivity index (χ1v) is 6.98. The van der Waals surface area contributed by atoms with Gasteiger partial charge in [-0.1, -0.05) is 18.2 Å². The molecular formula is C15H16N6O. The number of benzene rings is 1. The van der Waals surface area contributed by atoms with Crippen LogP contribution in [0.25, 0.3) is 17.2 Å². The van der Waals surface area contributed by atoms with Crippen LogP contribution >= 0.6 is 0 Å². The molecule has 0 saturated carbocycles. The second kappa shape index (κ2) is 5.80. The molecule has 0 aliphatic heterocycles. The summed E-state index contributed by atoms with van der Waals surface area (Å²) >= 11 is 0. The average Bonchev–Trinajstić information content (AvgIpc) is 2.96. The third-order valence-electron chi connectivity index (χ3n) is 2.91. The normalized spacial score (nSPS) is 10.9. The Labute approximate surface area is 127 Å². The highest BCUT2D eigenvalue weighted by molar-refractivity contribution is 5.47. The van der Waals surface area contributed by atoms with E-state index in [0.717, 1.165) is 0 Å². The first-order valence-electron chi connectivity index (χ1n) is 6.98. The predicted molar refractivity (Wildman–Crippen MR) is 83.3 cm³/mol. The molecule has 0 unspecified atom stereocenters. The topological polar surface area (TPSA) is 77.6 Å². The zero-order valence-corrected chi connectivity index (χ0v) is 12.3. The standard InChI is InChI=1S/C15H16N6O/c1-11(2)17-20-10-16-15(19-20)13-8-9-14(22)21(18-13)12-6-4-3-5-7-12/h3-11,17H,1-2H3. The van der Waals surface area contributed by atoms with Gasteiger partial charge in [-0.2, -0.15) is 14.6 Å². The highest BCUT2D eigenvalue weighted by Gasteiger charge is 2.09. The summed E-state index contributed by atoms with van der Waals surface area (Å²) in [6.07, 6.45) is 1.58. The Bertz CT molecular complexity index is 821. The largest absolute Gasteiger partial charge is 0.306 e. The second-order valence-electron chi connectivity index (χ2n) is 5.10. The first-order chi connectivity index (χ1) is 10.6. The first kappa shape index (κ1) is 14.0. The highest BCUT2D eigenvalue weighted by atomic mass is 16.1. The second-order valence-corrected chi connectivity index (χ2v) is 5.10. The van der Waals surface area contributed by atoms with Crippen LogP contribution in [0.1, 0.15) is 13.8 Å². The van der Waals surface area contributed by atoms with Gasteiger partial charge >= 0.3 is 0 Å². The van der Waals surface area contributed by atoms with Gasteiger partial charge in [0.05, 0.1) is 5.69 Å². The van der Waals surface area contributed by atoms with E-state index >= 15 is 0 Å². The summed E-state index contributed by atoms with van der Waals surface area (Å²) in [6.45, 7) is 4.02. The lowest BCUT2D eigenvalue weighted by Crippen LogP contribution is -2.23. The fourth-order valence-electron chi connectivity index (χ4n) is 1.99. The predicted octanol–water partition coefficient (Wildman–Crippen LogP) is 1.44. The van der Waals surface area contributed by atoms with Gasteiger partial charge in [0.25, 0.3) is 5.56 Å². The minimum Gasteiger partial charge on any atom is -0.306 e. The van der Waals surface area contributed by atoms with Crippen LogP contribution in [-0.2, 0) is 0 Å². The van der Waals surface area contributed by atoms with Crippen LogP contribution in [0.2, 0.25) is 0 Å². The van der Waals surface area contributed by atoms with Gasteiger partial charge in [0, 0.05) is 12.1 Å². The number of nitrogens with zero attached hydrogens (tertiary/aromatic N) is 5. The van der Waals surface area contributed by atoms with Gasteiger partial charge in [-0.15, -0.1) is 5.10 Å². The maximum absolute atomic E-state index is 12.0. The van der Waals surface area contributed by atoms with Gasteiger partial charge in [0.1, 0.15) is 12.0 Å². The Balaban J connectivity index is 1.99. The Morgan fingerprint density at radius 1 is 1.05 bits per heavy atom. The van der Waals surface area contributed by atoms with E-state index in [1.165, 1.54) is 10.7 Å². The molecule has 112 valence electrons. The third kappa shape index (κ3) is 2.88. The van der Waals surface area contributed by atoms with E-state index in [-0.39, 0.29) is 11.6 Å². The number of para-hydroxylation sites is 1. The molecule has 0 bridgehead atoms. The number of rotatable bonds is 4. The molecule has 7 heteroatoms. The molecule has 0 saturated heterocycles. The van der Waals surface area contributed by atoms with Crippen molar-refractivity contribution in [1.29, 1.82) is 0 Å². The molecule has 0 atom stereocenters. The number of hydrogen-bond donors (Lipinski definition) is 1. The molecule has 1 aromatic carbocycles. The van der Waals surface area contributed by atoms with Crippen LogP contribution < -0.4 is 11.0 Å². The lowest BCUT2D eigenvalue weighted by Gasteiger charge is -2.07. The van der Waals surface area contributed by atoms with Crippen LogP contribution in [0, 0.1) is 0 Å². The van der Waals surface area contributed by atoms with Crippen molar-refractivity contribution in [3.8, 4) is 17.2 Å². The molecular weight excluding hydrogens is 280 g/mol. The summed E-state index contributed by atoms with van der Waals surface area (Å²) in [5.74, 6) is 0.456. The van der Waals surface area contributed by atoms with Crippen LogP contribution in [-0.4, -0.2) is 30.7 Å². The van der Waals surface area contributed by atoms with Crippen molar-refractivity contribution in [3.05, 3.63) is 59.1 Å². The van der Waals surface area contributed by atoms with Crippen molar-refractivity contribution in [2.75, 3.05) is 5.43 Å². The van der Waals surface area contributed by atoms with Gasteiger partial charge in [-0.3, -0.25) is 4.79 Å². The van der Waals surface area contributed by atoms with E-state index in [0.29, 0.717) is 17.2 Å². The molecule has 3 rings (SSSR count). The third-order valence-corrected chi connectivity index (χ3v) is 2.91. The minimum absolute atomic E-state index is 0.199. The molecule has 1 N–H and O–H groups in total. The quantitative estimate of drug-likeness (QED) is 0.788. The molecule has 0 aliphatic carbocycles. The van der Waals surface area contributed by atoms with Gasteiger partial charge in [0.2, 0.25) is 5.82 Å². The maximum Gasteiger partial charge on any atom is 0.271 e. The zero-order chi connectivity index (χ0) is 15.5. The van der Waals surface area contributed by atoms with Crippen molar-refractivity contribution in [2.24, 2.45) is 0 Å². The molecule has 2 aromatic heterocycles. The molecule has 2 heterocycles. The lowest BCUT2D eigenvalue weighted by molar-refractivity contribution is 0.667. The Hall–Kier alpha value is -2.96. The van der Waals surface area contributed by atoms with Crippen molar-refractivity contribution in [1.82, 2.24) is 24.7 Å². The monoisotopic (exact) mass is 296 g/mol. The summed E-state index contributed by atoms with van der Waals surface area (Å²) in [4.78, 5) is 17.8. The zero-order valence-electron chi connectivity index (χ0n) is 12.3. The van der Waals surface area contributed by atoms with Crippen LogP contribution in [0.15, 0.2) is 53.6 Å². The van der Waals surface area contributed by atoms with Crippen molar-refractivity contribution in [2.45, 2.75) is 19.9 Å². The number of nitrogens with one attached hydrogen (secondary N) is 1. The molecule has 0 fully saturated rings. The van der Waals surface area contributed by atoms with Gasteiger partial charge in [-0.05, 0) is 32.0 Å². The summed E-state index contributed by atoms with van der Waals surface area (Å²) in [5.41, 5.74) is 4.14. The molecule has 0 aliphatic rings. The summed E-state index contributed by atoms with van der Waals surface area (Å²) in [6, 6.07) is 12.6. The van der Waals surface area contributed by atoms with Crippen LogP contribution in [0.5, 0.6) is 0 Å². The molecule has 0 spiro atoms. The summed E-state index contributed by atoms with van der Waals surface area (Å²) in [7, 11) is 0. The highest BCUT2D eigenvalue weighted by Crippen LogP contribution is 2.10. The summed E-state index contributed by atoms with van der Waals surface area (Å²) < 4.78 is 1.34. The van der Waals surface area contributed by atoms with E-state index in [1.54, 1.807) is 17.2 Å². The van der Waals surface area contributed by atoms with E-state index < -0.39 is 0 Å². The summed E-state index contributed by atoms with van der Waals surface area (Å²) in [5, 5.41) is 8.64. The van der Waals surface area contributed by atoms with E-state index in [9.17, 15) is 4.79 Å². The van der Waals surface area contributed by atoms with Gasteiger partial charge < -0.3 is 5.43 Å². The van der Waals surface area contributed by atoms with E-state index in [4.69, 9.17) is 0 Å². The van der Waals surface area contributed by atoms with Crippen molar-refractivity contribution < 1.29 is 0 Å². The Kier molecular flexibility index (Phi) is 3.69. The number of aromatic nitrogens is 5. The lowest BCUT2D eigenvalue weighted by atomic mass is 10.3. The molecule has 3 aromatic rings. The fraction of sp³-hybridized carbons (Fsp3) is 0.200. The maximum atomic E-state index is 12.0. The van der Waals surface area contributed by atoms with Gasteiger partial charge in [-0.25, -0.2) is 4.98 Å².